The molecule has 2 aromatic heterocycles. The van der Waals surface area contributed by atoms with Crippen LogP contribution in [0.15, 0.2) is 42.0 Å². The molecule has 2 heterocycles. The molecule has 0 saturated heterocycles. The van der Waals surface area contributed by atoms with Crippen LogP contribution in [0, 0.1) is 0 Å². The zero-order valence-electron chi connectivity index (χ0n) is 10.3. The summed E-state index contributed by atoms with van der Waals surface area (Å²) in [5, 5.41) is 5.03. The number of aryl methyl sites for hydroxylation is 1. The fraction of sp³-hybridized carbons (Fsp3) is 0.286. The number of pyridine rings is 1. The molecule has 2 rings (SSSR count). The van der Waals surface area contributed by atoms with E-state index in [1.807, 2.05) is 30.5 Å². The SMILES string of the molecule is CC(NC(=O)CCc1cccs1)c1ccncc1. The molecule has 1 N–H and O–H groups in total. The average molecular weight is 260 g/mol. The summed E-state index contributed by atoms with van der Waals surface area (Å²) in [6.07, 6.45) is 4.83. The Hall–Kier alpha value is -1.68. The summed E-state index contributed by atoms with van der Waals surface area (Å²) in [5.41, 5.74) is 1.08. The van der Waals surface area contributed by atoms with Gasteiger partial charge in [0.15, 0.2) is 0 Å². The monoisotopic (exact) mass is 260 g/mol. The summed E-state index contributed by atoms with van der Waals surface area (Å²) >= 11 is 1.69. The van der Waals surface area contributed by atoms with Gasteiger partial charge in [0.1, 0.15) is 0 Å². The minimum Gasteiger partial charge on any atom is -0.350 e. The maximum absolute atomic E-state index is 11.8. The van der Waals surface area contributed by atoms with Gasteiger partial charge in [0, 0.05) is 23.7 Å². The number of aromatic nitrogens is 1. The van der Waals surface area contributed by atoms with Gasteiger partial charge in [-0.15, -0.1) is 11.3 Å². The molecule has 3 nitrogen and oxygen atoms in total. The van der Waals surface area contributed by atoms with Gasteiger partial charge in [-0.25, -0.2) is 0 Å². The van der Waals surface area contributed by atoms with E-state index in [1.165, 1.54) is 4.88 Å². The highest BCUT2D eigenvalue weighted by Crippen LogP contribution is 2.13. The molecule has 0 spiro atoms. The molecule has 0 aliphatic rings. The van der Waals surface area contributed by atoms with Gasteiger partial charge in [0.25, 0.3) is 0 Å². The van der Waals surface area contributed by atoms with Crippen molar-refractivity contribution in [1.82, 2.24) is 10.3 Å². The van der Waals surface area contributed by atoms with Crippen LogP contribution < -0.4 is 5.32 Å². The Kier molecular flexibility index (Phi) is 4.47. The molecular weight excluding hydrogens is 244 g/mol. The predicted molar refractivity (Wildman–Crippen MR) is 73.4 cm³/mol. The fourth-order valence-electron chi connectivity index (χ4n) is 1.74. The highest BCUT2D eigenvalue weighted by Gasteiger charge is 2.09. The second-order valence-corrected chi connectivity index (χ2v) is 5.18. The fourth-order valence-corrected chi connectivity index (χ4v) is 2.45. The van der Waals surface area contributed by atoms with Gasteiger partial charge in [-0.05, 0) is 42.5 Å². The van der Waals surface area contributed by atoms with Crippen molar-refractivity contribution in [2.75, 3.05) is 0 Å². The first-order chi connectivity index (χ1) is 8.75. The smallest absolute Gasteiger partial charge is 0.220 e. The van der Waals surface area contributed by atoms with Gasteiger partial charge < -0.3 is 5.32 Å². The minimum absolute atomic E-state index is 0.0313. The molecule has 0 bridgehead atoms. The Labute approximate surface area is 111 Å². The molecule has 0 aromatic carbocycles. The molecule has 0 aliphatic carbocycles. The Morgan fingerprint density at radius 1 is 1.39 bits per heavy atom. The summed E-state index contributed by atoms with van der Waals surface area (Å²) < 4.78 is 0. The molecule has 1 amide bonds. The molecule has 1 atom stereocenters. The van der Waals surface area contributed by atoms with Crippen molar-refractivity contribution in [1.29, 1.82) is 0 Å². The van der Waals surface area contributed by atoms with E-state index in [4.69, 9.17) is 0 Å². The first-order valence-electron chi connectivity index (χ1n) is 5.97. The second-order valence-electron chi connectivity index (χ2n) is 4.15. The van der Waals surface area contributed by atoms with Gasteiger partial charge in [-0.1, -0.05) is 6.07 Å². The zero-order valence-corrected chi connectivity index (χ0v) is 11.1. The van der Waals surface area contributed by atoms with Crippen LogP contribution >= 0.6 is 11.3 Å². The zero-order chi connectivity index (χ0) is 12.8. The van der Waals surface area contributed by atoms with Crippen LogP contribution in [0.25, 0.3) is 0 Å². The van der Waals surface area contributed by atoms with E-state index in [-0.39, 0.29) is 11.9 Å². The predicted octanol–water partition coefficient (Wildman–Crippen LogP) is 2.95. The Balaban J connectivity index is 1.80. The van der Waals surface area contributed by atoms with Crippen LogP contribution in [0.1, 0.15) is 29.8 Å². The standard InChI is InChI=1S/C14H16N2OS/c1-11(12-6-8-15-9-7-12)16-14(17)5-4-13-3-2-10-18-13/h2-3,6-11H,4-5H2,1H3,(H,16,17). The van der Waals surface area contributed by atoms with Gasteiger partial charge in [-0.2, -0.15) is 0 Å². The molecule has 1 unspecified atom stereocenters. The van der Waals surface area contributed by atoms with E-state index >= 15 is 0 Å². The van der Waals surface area contributed by atoms with Crippen molar-refractivity contribution in [3.8, 4) is 0 Å². The second kappa shape index (κ2) is 6.31. The van der Waals surface area contributed by atoms with Gasteiger partial charge in [0.2, 0.25) is 5.91 Å². The number of carbonyl (C=O) groups is 1. The topological polar surface area (TPSA) is 42.0 Å². The van der Waals surface area contributed by atoms with Crippen molar-refractivity contribution in [3.05, 3.63) is 52.5 Å². The van der Waals surface area contributed by atoms with Gasteiger partial charge in [0.05, 0.1) is 6.04 Å². The lowest BCUT2D eigenvalue weighted by molar-refractivity contribution is -0.121. The molecular formula is C14H16N2OS. The quantitative estimate of drug-likeness (QED) is 0.898. The number of hydrogen-bond donors (Lipinski definition) is 1. The molecule has 94 valence electrons. The minimum atomic E-state index is 0.0313. The van der Waals surface area contributed by atoms with Gasteiger partial charge in [-0.3, -0.25) is 9.78 Å². The number of hydrogen-bond acceptors (Lipinski definition) is 3. The molecule has 2 aromatic rings. The van der Waals surface area contributed by atoms with E-state index in [9.17, 15) is 4.79 Å². The number of nitrogens with zero attached hydrogens (tertiary/aromatic N) is 1. The van der Waals surface area contributed by atoms with Crippen LogP contribution in [0.4, 0.5) is 0 Å². The van der Waals surface area contributed by atoms with Crippen LogP contribution in [0.3, 0.4) is 0 Å². The first kappa shape index (κ1) is 12.8. The largest absolute Gasteiger partial charge is 0.350 e. The molecule has 0 fully saturated rings. The van der Waals surface area contributed by atoms with Crippen LogP contribution in [0.2, 0.25) is 0 Å². The average Bonchev–Trinajstić information content (AvgIpc) is 2.90. The van der Waals surface area contributed by atoms with Crippen molar-refractivity contribution in [3.63, 3.8) is 0 Å². The summed E-state index contributed by atoms with van der Waals surface area (Å²) in [6, 6.07) is 7.94. The number of rotatable bonds is 5. The van der Waals surface area contributed by atoms with Crippen molar-refractivity contribution < 1.29 is 4.79 Å². The third-order valence-corrected chi connectivity index (χ3v) is 3.70. The lowest BCUT2D eigenvalue weighted by Crippen LogP contribution is -2.26. The van der Waals surface area contributed by atoms with E-state index in [0.717, 1.165) is 12.0 Å². The van der Waals surface area contributed by atoms with Crippen molar-refractivity contribution in [2.45, 2.75) is 25.8 Å². The number of carbonyl (C=O) groups excluding carboxylic acids is 1. The van der Waals surface area contributed by atoms with Crippen molar-refractivity contribution >= 4 is 17.2 Å². The third-order valence-electron chi connectivity index (χ3n) is 2.76. The van der Waals surface area contributed by atoms with E-state index in [2.05, 4.69) is 16.4 Å². The lowest BCUT2D eigenvalue weighted by Gasteiger charge is -2.13. The summed E-state index contributed by atoms with van der Waals surface area (Å²) in [6.45, 7) is 1.98. The van der Waals surface area contributed by atoms with E-state index < -0.39 is 0 Å². The summed E-state index contributed by atoms with van der Waals surface area (Å²) in [5.74, 6) is 0.0905. The molecule has 0 saturated carbocycles. The maximum atomic E-state index is 11.8. The van der Waals surface area contributed by atoms with E-state index in [0.29, 0.717) is 6.42 Å². The van der Waals surface area contributed by atoms with Crippen LogP contribution in [0.5, 0.6) is 0 Å². The summed E-state index contributed by atoms with van der Waals surface area (Å²) in [7, 11) is 0. The molecule has 0 radical (unpaired) electrons. The number of nitrogens with one attached hydrogen (secondary N) is 1. The van der Waals surface area contributed by atoms with Crippen LogP contribution in [-0.2, 0) is 11.2 Å². The Morgan fingerprint density at radius 3 is 2.83 bits per heavy atom. The molecule has 18 heavy (non-hydrogen) atoms. The number of thiophene rings is 1. The van der Waals surface area contributed by atoms with E-state index in [1.54, 1.807) is 23.7 Å². The lowest BCUT2D eigenvalue weighted by atomic mass is 10.1. The highest BCUT2D eigenvalue weighted by molar-refractivity contribution is 7.09. The Morgan fingerprint density at radius 2 is 2.17 bits per heavy atom. The Bertz CT molecular complexity index is 482. The highest BCUT2D eigenvalue weighted by atomic mass is 32.1. The normalized spacial score (nSPS) is 12.1. The van der Waals surface area contributed by atoms with Gasteiger partial charge >= 0.3 is 0 Å². The molecule has 0 aliphatic heterocycles. The van der Waals surface area contributed by atoms with Crippen LogP contribution in [-0.4, -0.2) is 10.9 Å². The number of amides is 1. The molecule has 4 heteroatoms. The first-order valence-corrected chi connectivity index (χ1v) is 6.85. The summed E-state index contributed by atoms with van der Waals surface area (Å²) in [4.78, 5) is 17.0. The third kappa shape index (κ3) is 3.67. The van der Waals surface area contributed by atoms with Crippen molar-refractivity contribution in [2.24, 2.45) is 0 Å². The maximum Gasteiger partial charge on any atom is 0.220 e.